The van der Waals surface area contributed by atoms with Crippen LogP contribution in [-0.4, -0.2) is 10.9 Å². The van der Waals surface area contributed by atoms with E-state index in [9.17, 15) is 9.90 Å². The number of hydrogen-bond donors (Lipinski definition) is 2. The Labute approximate surface area is 89.9 Å². The van der Waals surface area contributed by atoms with E-state index in [1.54, 1.807) is 0 Å². The fourth-order valence-corrected chi connectivity index (χ4v) is 1.92. The van der Waals surface area contributed by atoms with E-state index >= 15 is 0 Å². The minimum Gasteiger partial charge on any atom is -0.398 e. The van der Waals surface area contributed by atoms with E-state index in [2.05, 4.69) is 0 Å². The van der Waals surface area contributed by atoms with Gasteiger partial charge >= 0.3 is 0 Å². The first-order valence-electron chi connectivity index (χ1n) is 4.91. The number of hydrogen-bond acceptors (Lipinski definition) is 3. The van der Waals surface area contributed by atoms with Crippen LogP contribution in [0.15, 0.2) is 0 Å². The van der Waals surface area contributed by atoms with E-state index in [0.717, 1.165) is 16.7 Å². The van der Waals surface area contributed by atoms with Gasteiger partial charge in [-0.2, -0.15) is 0 Å². The van der Waals surface area contributed by atoms with Crippen molar-refractivity contribution in [2.75, 3.05) is 5.73 Å². The monoisotopic (exact) mass is 207 g/mol. The lowest BCUT2D eigenvalue weighted by atomic mass is 9.90. The number of ketones is 1. The average molecular weight is 207 g/mol. The molecule has 0 atom stereocenters. The summed E-state index contributed by atoms with van der Waals surface area (Å²) in [7, 11) is 0. The van der Waals surface area contributed by atoms with E-state index in [4.69, 9.17) is 5.73 Å². The van der Waals surface area contributed by atoms with Crippen molar-refractivity contribution in [3.8, 4) is 0 Å². The van der Waals surface area contributed by atoms with Crippen molar-refractivity contribution < 1.29 is 9.90 Å². The number of benzene rings is 1. The summed E-state index contributed by atoms with van der Waals surface area (Å²) in [5, 5.41) is 9.28. The summed E-state index contributed by atoms with van der Waals surface area (Å²) in [4.78, 5) is 11.5. The summed E-state index contributed by atoms with van der Waals surface area (Å²) in [6.07, 6.45) is 0. The molecule has 0 fully saturated rings. The van der Waals surface area contributed by atoms with Crippen LogP contribution < -0.4 is 5.73 Å². The maximum absolute atomic E-state index is 11.5. The largest absolute Gasteiger partial charge is 0.398 e. The first kappa shape index (κ1) is 11.7. The number of nitrogen functional groups attached to an aromatic ring is 1. The SMILES string of the molecule is CC(=O)c1c(C)c(C)c(N)c(C)c1CO. The van der Waals surface area contributed by atoms with Crippen LogP contribution in [0.3, 0.4) is 0 Å². The van der Waals surface area contributed by atoms with Gasteiger partial charge in [0.15, 0.2) is 5.78 Å². The van der Waals surface area contributed by atoms with Gasteiger partial charge in [0, 0.05) is 11.3 Å². The number of aliphatic hydroxyl groups is 1. The molecule has 0 amide bonds. The van der Waals surface area contributed by atoms with E-state index in [1.165, 1.54) is 6.92 Å². The van der Waals surface area contributed by atoms with E-state index in [1.807, 2.05) is 20.8 Å². The Hall–Kier alpha value is -1.35. The quantitative estimate of drug-likeness (QED) is 0.575. The Morgan fingerprint density at radius 2 is 1.73 bits per heavy atom. The third-order valence-electron chi connectivity index (χ3n) is 3.01. The molecule has 0 aromatic heterocycles. The minimum atomic E-state index is -0.147. The lowest BCUT2D eigenvalue weighted by molar-refractivity contribution is 0.101. The normalized spacial score (nSPS) is 10.5. The van der Waals surface area contributed by atoms with Gasteiger partial charge in [0.25, 0.3) is 0 Å². The van der Waals surface area contributed by atoms with Crippen molar-refractivity contribution in [1.82, 2.24) is 0 Å². The maximum atomic E-state index is 11.5. The molecule has 1 aromatic rings. The Morgan fingerprint density at radius 1 is 1.20 bits per heavy atom. The van der Waals surface area contributed by atoms with Crippen molar-refractivity contribution in [2.45, 2.75) is 34.3 Å². The van der Waals surface area contributed by atoms with E-state index in [0.29, 0.717) is 16.8 Å². The maximum Gasteiger partial charge on any atom is 0.160 e. The number of Topliss-reactive ketones (excluding diaryl/α,β-unsaturated/α-hetero) is 1. The first-order valence-corrected chi connectivity index (χ1v) is 4.91. The van der Waals surface area contributed by atoms with Gasteiger partial charge in [0.2, 0.25) is 0 Å². The molecule has 0 saturated carbocycles. The van der Waals surface area contributed by atoms with Gasteiger partial charge in [-0.3, -0.25) is 4.79 Å². The van der Waals surface area contributed by atoms with Crippen molar-refractivity contribution in [3.63, 3.8) is 0 Å². The predicted molar refractivity (Wildman–Crippen MR) is 61.0 cm³/mol. The third-order valence-corrected chi connectivity index (χ3v) is 3.01. The predicted octanol–water partition coefficient (Wildman–Crippen LogP) is 1.89. The second-order valence-corrected chi connectivity index (χ2v) is 3.86. The zero-order valence-corrected chi connectivity index (χ0v) is 9.64. The van der Waals surface area contributed by atoms with E-state index in [-0.39, 0.29) is 12.4 Å². The number of rotatable bonds is 2. The third kappa shape index (κ3) is 1.75. The summed E-state index contributed by atoms with van der Waals surface area (Å²) in [5.41, 5.74) is 10.4. The standard InChI is InChI=1S/C12H17NO2/c1-6-7(2)12(13)8(3)10(5-14)11(6)9(4)15/h14H,5,13H2,1-4H3. The van der Waals surface area contributed by atoms with Crippen molar-refractivity contribution in [2.24, 2.45) is 0 Å². The lowest BCUT2D eigenvalue weighted by Gasteiger charge is -2.17. The summed E-state index contributed by atoms with van der Waals surface area (Å²) in [6, 6.07) is 0. The molecule has 3 nitrogen and oxygen atoms in total. The van der Waals surface area contributed by atoms with Crippen LogP contribution in [0.25, 0.3) is 0 Å². The highest BCUT2D eigenvalue weighted by molar-refractivity contribution is 5.98. The van der Waals surface area contributed by atoms with Gasteiger partial charge in [-0.05, 0) is 49.9 Å². The molecular weight excluding hydrogens is 190 g/mol. The highest BCUT2D eigenvalue weighted by atomic mass is 16.3. The van der Waals surface area contributed by atoms with Gasteiger partial charge in [-0.25, -0.2) is 0 Å². The molecule has 1 rings (SSSR count). The van der Waals surface area contributed by atoms with Crippen LogP contribution in [0.2, 0.25) is 0 Å². The van der Waals surface area contributed by atoms with Crippen LogP contribution >= 0.6 is 0 Å². The molecule has 0 aliphatic rings. The number of aliphatic hydroxyl groups excluding tert-OH is 1. The van der Waals surface area contributed by atoms with E-state index < -0.39 is 0 Å². The van der Waals surface area contributed by atoms with Gasteiger partial charge in [-0.1, -0.05) is 0 Å². The fourth-order valence-electron chi connectivity index (χ4n) is 1.92. The molecule has 0 aliphatic carbocycles. The smallest absolute Gasteiger partial charge is 0.160 e. The molecule has 3 N–H and O–H groups in total. The van der Waals surface area contributed by atoms with Crippen LogP contribution in [0.5, 0.6) is 0 Å². The molecule has 0 bridgehead atoms. The number of carbonyl (C=O) groups is 1. The van der Waals surface area contributed by atoms with Crippen LogP contribution in [0.4, 0.5) is 5.69 Å². The molecule has 0 unspecified atom stereocenters. The Morgan fingerprint density at radius 3 is 2.13 bits per heavy atom. The average Bonchev–Trinajstić information content (AvgIpc) is 2.19. The van der Waals surface area contributed by atoms with Crippen LogP contribution in [-0.2, 0) is 6.61 Å². The Balaban J connectivity index is 3.70. The molecular formula is C12H17NO2. The zero-order valence-electron chi connectivity index (χ0n) is 9.64. The Kier molecular flexibility index (Phi) is 3.15. The van der Waals surface area contributed by atoms with Crippen LogP contribution in [0.1, 0.15) is 39.5 Å². The molecule has 0 radical (unpaired) electrons. The number of carbonyl (C=O) groups excluding carboxylic acids is 1. The number of nitrogens with two attached hydrogens (primary N) is 1. The molecule has 0 heterocycles. The molecule has 0 aliphatic heterocycles. The topological polar surface area (TPSA) is 63.3 Å². The van der Waals surface area contributed by atoms with Gasteiger partial charge in [0.05, 0.1) is 6.61 Å². The van der Waals surface area contributed by atoms with Gasteiger partial charge < -0.3 is 10.8 Å². The van der Waals surface area contributed by atoms with Crippen molar-refractivity contribution >= 4 is 11.5 Å². The Bertz CT molecular complexity index is 422. The minimum absolute atomic E-state index is 0.0252. The summed E-state index contributed by atoms with van der Waals surface area (Å²) in [6.45, 7) is 6.95. The first-order chi connectivity index (χ1) is 6.91. The molecule has 1 aromatic carbocycles. The van der Waals surface area contributed by atoms with Crippen LogP contribution in [0, 0.1) is 20.8 Å². The molecule has 0 spiro atoms. The summed E-state index contributed by atoms with van der Waals surface area (Å²) >= 11 is 0. The molecule has 15 heavy (non-hydrogen) atoms. The highest BCUT2D eigenvalue weighted by Crippen LogP contribution is 2.29. The molecule has 3 heteroatoms. The molecule has 0 saturated heterocycles. The number of anilines is 1. The zero-order chi connectivity index (χ0) is 11.7. The van der Waals surface area contributed by atoms with Crippen molar-refractivity contribution in [3.05, 3.63) is 27.8 Å². The second kappa shape index (κ2) is 4.03. The molecule has 82 valence electrons. The van der Waals surface area contributed by atoms with Crippen molar-refractivity contribution in [1.29, 1.82) is 0 Å². The van der Waals surface area contributed by atoms with Gasteiger partial charge in [-0.15, -0.1) is 0 Å². The summed E-state index contributed by atoms with van der Waals surface area (Å²) in [5.74, 6) is -0.0252. The fraction of sp³-hybridized carbons (Fsp3) is 0.417. The lowest BCUT2D eigenvalue weighted by Crippen LogP contribution is -2.10. The highest BCUT2D eigenvalue weighted by Gasteiger charge is 2.17. The second-order valence-electron chi connectivity index (χ2n) is 3.86. The van der Waals surface area contributed by atoms with Gasteiger partial charge in [0.1, 0.15) is 0 Å². The summed E-state index contributed by atoms with van der Waals surface area (Å²) < 4.78 is 0.